The lowest BCUT2D eigenvalue weighted by molar-refractivity contribution is -0.128. The smallest absolute Gasteiger partial charge is 0.254 e. The van der Waals surface area contributed by atoms with Gasteiger partial charge in [0, 0.05) is 43.3 Å². The molecule has 3 N–H and O–H groups in total. The number of piperidine rings is 1. The van der Waals surface area contributed by atoms with Crippen LogP contribution >= 0.6 is 0 Å². The first-order valence-electron chi connectivity index (χ1n) is 15.8. The molecule has 0 bridgehead atoms. The Morgan fingerprint density at radius 3 is 2.23 bits per heavy atom. The maximum atomic E-state index is 14.0. The lowest BCUT2D eigenvalue weighted by Gasteiger charge is -2.43. The van der Waals surface area contributed by atoms with Gasteiger partial charge in [0.05, 0.1) is 14.2 Å². The van der Waals surface area contributed by atoms with Crippen LogP contribution < -0.4 is 20.5 Å². The fourth-order valence-electron chi connectivity index (χ4n) is 6.50. The van der Waals surface area contributed by atoms with Crippen LogP contribution in [0, 0.1) is 6.92 Å². The first-order valence-corrected chi connectivity index (χ1v) is 15.8. The molecule has 2 fully saturated rings. The number of nitrogens with one attached hydrogen (secondary N) is 1. The monoisotopic (exact) mass is 598 g/mol. The highest BCUT2D eigenvalue weighted by Crippen LogP contribution is 2.29. The molecule has 8 nitrogen and oxygen atoms in total. The molecular weight excluding hydrogens is 552 g/mol. The minimum absolute atomic E-state index is 0.0805. The van der Waals surface area contributed by atoms with Crippen molar-refractivity contribution in [3.05, 3.63) is 95.1 Å². The zero-order valence-electron chi connectivity index (χ0n) is 26.2. The second kappa shape index (κ2) is 14.7. The molecule has 0 spiro atoms. The molecule has 1 saturated carbocycles. The number of carbonyl (C=O) groups is 2. The lowest BCUT2D eigenvalue weighted by Crippen LogP contribution is -2.58. The molecule has 3 aromatic rings. The zero-order chi connectivity index (χ0) is 31.1. The summed E-state index contributed by atoms with van der Waals surface area (Å²) in [5.74, 6) is 1.21. The van der Waals surface area contributed by atoms with Crippen molar-refractivity contribution in [1.82, 2.24) is 15.1 Å². The highest BCUT2D eigenvalue weighted by molar-refractivity contribution is 5.98. The Morgan fingerprint density at radius 2 is 1.52 bits per heavy atom. The van der Waals surface area contributed by atoms with Gasteiger partial charge in [0.2, 0.25) is 5.91 Å². The number of rotatable bonds is 10. The Labute approximate surface area is 261 Å². The summed E-state index contributed by atoms with van der Waals surface area (Å²) in [4.78, 5) is 32.2. The number of carbonyl (C=O) groups excluding carboxylic acids is 2. The molecule has 5 rings (SSSR count). The van der Waals surface area contributed by atoms with E-state index in [4.69, 9.17) is 15.2 Å². The highest BCUT2D eigenvalue weighted by atomic mass is 16.5. The predicted octanol–water partition coefficient (Wildman–Crippen LogP) is 5.07. The van der Waals surface area contributed by atoms with Gasteiger partial charge < -0.3 is 25.4 Å². The number of likely N-dealkylation sites (tertiary alicyclic amines) is 1. The summed E-state index contributed by atoms with van der Waals surface area (Å²) in [6.45, 7) is 4.02. The fourth-order valence-corrected chi connectivity index (χ4v) is 6.50. The molecule has 8 heteroatoms. The second-order valence-electron chi connectivity index (χ2n) is 12.3. The van der Waals surface area contributed by atoms with Gasteiger partial charge in [-0.15, -0.1) is 0 Å². The number of hydrogen-bond donors (Lipinski definition) is 2. The standard InChI is InChI=1S/C36H46N4O4/c1-25-10-12-26(13-11-25)23-39(24-27-6-4-8-32(20-27)43-2)31-18-19-40(36(42)28-7-5-9-33(21-28)44-3)34(22-31)35(41)38-30-16-14-29(37)15-17-30/h4-13,20-21,29-31,34H,14-19,22-24,37H2,1-3H3,(H,38,41)/t29?,30?,31?,34-/m1/s1. The summed E-state index contributed by atoms with van der Waals surface area (Å²) in [5.41, 5.74) is 10.2. The van der Waals surface area contributed by atoms with Gasteiger partial charge in [-0.25, -0.2) is 0 Å². The topological polar surface area (TPSA) is 97.1 Å². The summed E-state index contributed by atoms with van der Waals surface area (Å²) in [5, 5.41) is 3.30. The van der Waals surface area contributed by atoms with Crippen molar-refractivity contribution in [2.24, 2.45) is 5.73 Å². The number of nitrogens with two attached hydrogens (primary N) is 1. The molecule has 1 saturated heterocycles. The van der Waals surface area contributed by atoms with Crippen LogP contribution in [0.4, 0.5) is 0 Å². The lowest BCUT2D eigenvalue weighted by atomic mass is 9.90. The number of hydrogen-bond acceptors (Lipinski definition) is 6. The molecule has 2 atom stereocenters. The number of nitrogens with zero attached hydrogens (tertiary/aromatic N) is 2. The zero-order valence-corrected chi connectivity index (χ0v) is 26.2. The number of methoxy groups -OCH3 is 2. The summed E-state index contributed by atoms with van der Waals surface area (Å²) in [6.07, 6.45) is 4.83. The Bertz CT molecular complexity index is 1400. The molecule has 1 heterocycles. The highest BCUT2D eigenvalue weighted by Gasteiger charge is 2.39. The molecule has 1 aliphatic heterocycles. The summed E-state index contributed by atoms with van der Waals surface area (Å²) >= 11 is 0. The molecule has 0 radical (unpaired) electrons. The van der Waals surface area contributed by atoms with Gasteiger partial charge in [-0.3, -0.25) is 14.5 Å². The average molecular weight is 599 g/mol. The number of amides is 2. The van der Waals surface area contributed by atoms with Crippen LogP contribution in [0.5, 0.6) is 11.5 Å². The molecule has 0 aromatic heterocycles. The van der Waals surface area contributed by atoms with E-state index < -0.39 is 6.04 Å². The van der Waals surface area contributed by atoms with Crippen molar-refractivity contribution < 1.29 is 19.1 Å². The first kappa shape index (κ1) is 31.5. The SMILES string of the molecule is COc1cccc(CN(Cc2ccc(C)cc2)C2CCN(C(=O)c3cccc(OC)c3)[C@@H](C(=O)NC3CCC(N)CC3)C2)c1. The maximum absolute atomic E-state index is 14.0. The number of ether oxygens (including phenoxy) is 2. The van der Waals surface area contributed by atoms with Crippen LogP contribution in [0.1, 0.15) is 65.6 Å². The van der Waals surface area contributed by atoms with E-state index in [1.807, 2.05) is 24.3 Å². The van der Waals surface area contributed by atoms with Crippen LogP contribution in [0.2, 0.25) is 0 Å². The Hall–Kier alpha value is -3.88. The van der Waals surface area contributed by atoms with E-state index in [1.54, 1.807) is 31.3 Å². The van der Waals surface area contributed by atoms with Gasteiger partial charge in [0.1, 0.15) is 17.5 Å². The minimum Gasteiger partial charge on any atom is -0.497 e. The molecule has 1 unspecified atom stereocenters. The van der Waals surface area contributed by atoms with Crippen molar-refractivity contribution in [2.45, 2.75) is 82.7 Å². The summed E-state index contributed by atoms with van der Waals surface area (Å²) in [7, 11) is 3.27. The number of benzene rings is 3. The number of aryl methyl sites for hydroxylation is 1. The van der Waals surface area contributed by atoms with E-state index in [9.17, 15) is 9.59 Å². The van der Waals surface area contributed by atoms with Gasteiger partial charge in [0.15, 0.2) is 0 Å². The van der Waals surface area contributed by atoms with E-state index in [2.05, 4.69) is 53.5 Å². The van der Waals surface area contributed by atoms with Crippen LogP contribution in [0.15, 0.2) is 72.8 Å². The van der Waals surface area contributed by atoms with Crippen LogP contribution in [0.25, 0.3) is 0 Å². The van der Waals surface area contributed by atoms with Gasteiger partial charge >= 0.3 is 0 Å². The van der Waals surface area contributed by atoms with Gasteiger partial charge in [-0.2, -0.15) is 0 Å². The summed E-state index contributed by atoms with van der Waals surface area (Å²) < 4.78 is 10.9. The normalized spacial score (nSPS) is 22.0. The van der Waals surface area contributed by atoms with Crippen LogP contribution in [-0.4, -0.2) is 66.5 Å². The molecule has 44 heavy (non-hydrogen) atoms. The maximum Gasteiger partial charge on any atom is 0.254 e. The summed E-state index contributed by atoms with van der Waals surface area (Å²) in [6, 6.07) is 23.7. The van der Waals surface area contributed by atoms with Gasteiger partial charge in [0.25, 0.3) is 5.91 Å². The molecule has 234 valence electrons. The second-order valence-corrected chi connectivity index (χ2v) is 12.3. The Balaban J connectivity index is 1.42. The molecular formula is C36H46N4O4. The Kier molecular flexibility index (Phi) is 10.6. The van der Waals surface area contributed by atoms with E-state index in [0.717, 1.165) is 50.0 Å². The quantitative estimate of drug-likeness (QED) is 0.338. The third-order valence-corrected chi connectivity index (χ3v) is 9.12. The molecule has 2 amide bonds. The van der Waals surface area contributed by atoms with Crippen molar-refractivity contribution in [3.8, 4) is 11.5 Å². The Morgan fingerprint density at radius 1 is 0.864 bits per heavy atom. The molecule has 3 aromatic carbocycles. The predicted molar refractivity (Wildman–Crippen MR) is 173 cm³/mol. The third kappa shape index (κ3) is 7.98. The van der Waals surface area contributed by atoms with Crippen LogP contribution in [0.3, 0.4) is 0 Å². The molecule has 1 aliphatic carbocycles. The van der Waals surface area contributed by atoms with Crippen molar-refractivity contribution in [1.29, 1.82) is 0 Å². The van der Waals surface area contributed by atoms with Crippen molar-refractivity contribution in [3.63, 3.8) is 0 Å². The van der Waals surface area contributed by atoms with E-state index in [1.165, 1.54) is 11.1 Å². The van der Waals surface area contributed by atoms with E-state index in [0.29, 0.717) is 30.8 Å². The van der Waals surface area contributed by atoms with Crippen molar-refractivity contribution >= 4 is 11.8 Å². The fraction of sp³-hybridized carbons (Fsp3) is 0.444. The van der Waals surface area contributed by atoms with E-state index >= 15 is 0 Å². The van der Waals surface area contributed by atoms with E-state index in [-0.39, 0.29) is 29.9 Å². The van der Waals surface area contributed by atoms with Gasteiger partial charge in [-0.1, -0.05) is 48.0 Å². The average Bonchev–Trinajstić information content (AvgIpc) is 3.06. The molecule has 2 aliphatic rings. The van der Waals surface area contributed by atoms with Crippen LogP contribution in [-0.2, 0) is 17.9 Å². The minimum atomic E-state index is -0.589. The first-order chi connectivity index (χ1) is 21.3. The third-order valence-electron chi connectivity index (χ3n) is 9.12. The van der Waals surface area contributed by atoms with Crippen molar-refractivity contribution in [2.75, 3.05) is 20.8 Å². The van der Waals surface area contributed by atoms with Gasteiger partial charge in [-0.05, 0) is 86.9 Å². The largest absolute Gasteiger partial charge is 0.497 e.